The maximum absolute atomic E-state index is 11.2. The number of allylic oxidation sites excluding steroid dienone is 2. The van der Waals surface area contributed by atoms with Crippen LogP contribution in [0.2, 0.25) is 0 Å². The summed E-state index contributed by atoms with van der Waals surface area (Å²) in [5.41, 5.74) is 2.34. The fourth-order valence-corrected chi connectivity index (χ4v) is 1.86. The van der Waals surface area contributed by atoms with E-state index in [1.807, 2.05) is 19.9 Å². The Morgan fingerprint density at radius 1 is 1.57 bits per heavy atom. The van der Waals surface area contributed by atoms with Crippen LogP contribution in [0.4, 0.5) is 0 Å². The zero-order valence-corrected chi connectivity index (χ0v) is 12.2. The van der Waals surface area contributed by atoms with Crippen molar-refractivity contribution >= 4 is 16.9 Å². The lowest BCUT2D eigenvalue weighted by Gasteiger charge is -2.07. The van der Waals surface area contributed by atoms with E-state index in [0.29, 0.717) is 23.5 Å². The lowest BCUT2D eigenvalue weighted by molar-refractivity contribution is -0.113. The first-order chi connectivity index (χ1) is 10.0. The molecule has 0 saturated carbocycles. The molecule has 0 aliphatic carbocycles. The van der Waals surface area contributed by atoms with Gasteiger partial charge in [0.05, 0.1) is 17.9 Å². The molecule has 6 nitrogen and oxygen atoms in total. The Bertz CT molecular complexity index is 738. The molecule has 2 heterocycles. The van der Waals surface area contributed by atoms with E-state index in [-0.39, 0.29) is 17.5 Å². The molecule has 2 aromatic rings. The molecule has 0 saturated heterocycles. The number of ether oxygens (including phenoxy) is 1. The minimum absolute atomic E-state index is 0.0157. The van der Waals surface area contributed by atoms with Gasteiger partial charge in [0.15, 0.2) is 11.4 Å². The molecule has 0 fully saturated rings. The predicted octanol–water partition coefficient (Wildman–Crippen LogP) is 2.33. The Morgan fingerprint density at radius 2 is 2.33 bits per heavy atom. The summed E-state index contributed by atoms with van der Waals surface area (Å²) in [6.45, 7) is 5.20. The van der Waals surface area contributed by atoms with Crippen LogP contribution in [-0.4, -0.2) is 26.8 Å². The molecule has 0 aliphatic rings. The summed E-state index contributed by atoms with van der Waals surface area (Å²) in [7, 11) is 0. The van der Waals surface area contributed by atoms with Crippen LogP contribution in [0.15, 0.2) is 24.0 Å². The molecule has 0 aliphatic heterocycles. The Balaban J connectivity index is 2.32. The van der Waals surface area contributed by atoms with Gasteiger partial charge in [-0.05, 0) is 27.2 Å². The van der Waals surface area contributed by atoms with E-state index in [4.69, 9.17) is 10.00 Å². The molecule has 21 heavy (non-hydrogen) atoms. The van der Waals surface area contributed by atoms with E-state index in [9.17, 15) is 4.79 Å². The third-order valence-electron chi connectivity index (χ3n) is 2.82. The number of aromatic amines is 1. The van der Waals surface area contributed by atoms with Gasteiger partial charge in [0.1, 0.15) is 11.6 Å². The summed E-state index contributed by atoms with van der Waals surface area (Å²) in [6.07, 6.45) is 5.39. The number of carbonyl (C=O) groups is 1. The number of rotatable bonds is 5. The number of H-pyrrole nitrogens is 1. The Morgan fingerprint density at radius 3 is 2.95 bits per heavy atom. The average molecular weight is 284 g/mol. The number of nitriles is 1. The van der Waals surface area contributed by atoms with Crippen LogP contribution in [0.25, 0.3) is 11.2 Å². The Kier molecular flexibility index (Phi) is 4.33. The van der Waals surface area contributed by atoms with Gasteiger partial charge in [0, 0.05) is 11.8 Å². The van der Waals surface area contributed by atoms with E-state index in [2.05, 4.69) is 15.0 Å². The van der Waals surface area contributed by atoms with Crippen molar-refractivity contribution in [1.29, 1.82) is 5.26 Å². The highest BCUT2D eigenvalue weighted by atomic mass is 16.5. The molecule has 0 amide bonds. The zero-order valence-electron chi connectivity index (χ0n) is 12.2. The van der Waals surface area contributed by atoms with Crippen molar-refractivity contribution in [2.45, 2.75) is 33.3 Å². The SMILES string of the molecule is CC(=O)/C(C#N)=C/Cc1c[nH]c2ncc(OC(C)C)nc12. The summed E-state index contributed by atoms with van der Waals surface area (Å²) in [5.74, 6) is 0.210. The van der Waals surface area contributed by atoms with Gasteiger partial charge in [-0.15, -0.1) is 0 Å². The summed E-state index contributed by atoms with van der Waals surface area (Å²) in [5, 5.41) is 8.89. The molecule has 108 valence electrons. The van der Waals surface area contributed by atoms with Crippen LogP contribution < -0.4 is 4.74 Å². The van der Waals surface area contributed by atoms with E-state index in [0.717, 1.165) is 5.56 Å². The third kappa shape index (κ3) is 3.45. The van der Waals surface area contributed by atoms with Crippen LogP contribution in [-0.2, 0) is 11.2 Å². The Hall–Kier alpha value is -2.68. The summed E-state index contributed by atoms with van der Waals surface area (Å²) >= 11 is 0. The molecule has 0 radical (unpaired) electrons. The Labute approximate surface area is 122 Å². The number of ketones is 1. The standard InChI is InChI=1S/C15H16N4O2/c1-9(2)21-13-8-18-15-14(19-13)12(7-17-15)5-4-11(6-16)10(3)20/h4,7-9H,5H2,1-3H3,(H,17,18)/b11-4+. The second-order valence-corrected chi connectivity index (χ2v) is 4.88. The van der Waals surface area contributed by atoms with Crippen molar-refractivity contribution in [2.24, 2.45) is 0 Å². The molecule has 0 bridgehead atoms. The normalized spacial score (nSPS) is 11.7. The fraction of sp³-hybridized carbons (Fsp3) is 0.333. The minimum atomic E-state index is -0.243. The topological polar surface area (TPSA) is 91.7 Å². The van der Waals surface area contributed by atoms with Gasteiger partial charge < -0.3 is 9.72 Å². The lowest BCUT2D eigenvalue weighted by atomic mass is 10.1. The summed E-state index contributed by atoms with van der Waals surface area (Å²) in [4.78, 5) is 22.9. The van der Waals surface area contributed by atoms with Gasteiger partial charge in [-0.3, -0.25) is 4.79 Å². The predicted molar refractivity (Wildman–Crippen MR) is 77.7 cm³/mol. The summed E-state index contributed by atoms with van der Waals surface area (Å²) in [6, 6.07) is 1.89. The molecule has 0 aromatic carbocycles. The molecule has 2 rings (SSSR count). The quantitative estimate of drug-likeness (QED) is 0.672. The van der Waals surface area contributed by atoms with Crippen LogP contribution in [0.1, 0.15) is 26.3 Å². The second kappa shape index (κ2) is 6.18. The van der Waals surface area contributed by atoms with Crippen molar-refractivity contribution in [3.05, 3.63) is 29.6 Å². The monoisotopic (exact) mass is 284 g/mol. The first-order valence-corrected chi connectivity index (χ1v) is 6.62. The van der Waals surface area contributed by atoms with E-state index in [1.54, 1.807) is 18.5 Å². The highest BCUT2D eigenvalue weighted by molar-refractivity contribution is 5.97. The molecule has 0 unspecified atom stereocenters. The van der Waals surface area contributed by atoms with Crippen molar-refractivity contribution in [3.63, 3.8) is 0 Å². The first kappa shape index (κ1) is 14.7. The number of fused-ring (bicyclic) bond motifs is 1. The number of aromatic nitrogens is 3. The van der Waals surface area contributed by atoms with Gasteiger partial charge in [0.2, 0.25) is 5.88 Å². The van der Waals surface area contributed by atoms with Crippen LogP contribution in [0.5, 0.6) is 5.88 Å². The molecule has 2 aromatic heterocycles. The van der Waals surface area contributed by atoms with Crippen molar-refractivity contribution in [1.82, 2.24) is 15.0 Å². The van der Waals surface area contributed by atoms with Gasteiger partial charge in [0.25, 0.3) is 0 Å². The molecular formula is C15H16N4O2. The number of hydrogen-bond acceptors (Lipinski definition) is 5. The van der Waals surface area contributed by atoms with E-state index in [1.165, 1.54) is 6.92 Å². The largest absolute Gasteiger partial charge is 0.474 e. The van der Waals surface area contributed by atoms with Crippen molar-refractivity contribution < 1.29 is 9.53 Å². The first-order valence-electron chi connectivity index (χ1n) is 6.62. The summed E-state index contributed by atoms with van der Waals surface area (Å²) < 4.78 is 5.52. The number of carbonyl (C=O) groups excluding carboxylic acids is 1. The highest BCUT2D eigenvalue weighted by Gasteiger charge is 2.09. The van der Waals surface area contributed by atoms with E-state index < -0.39 is 0 Å². The fourth-order valence-electron chi connectivity index (χ4n) is 1.86. The van der Waals surface area contributed by atoms with Crippen LogP contribution in [0, 0.1) is 11.3 Å². The highest BCUT2D eigenvalue weighted by Crippen LogP contribution is 2.19. The number of nitrogens with zero attached hydrogens (tertiary/aromatic N) is 3. The maximum Gasteiger partial charge on any atom is 0.233 e. The third-order valence-corrected chi connectivity index (χ3v) is 2.82. The van der Waals surface area contributed by atoms with Gasteiger partial charge >= 0.3 is 0 Å². The maximum atomic E-state index is 11.2. The van der Waals surface area contributed by atoms with E-state index >= 15 is 0 Å². The van der Waals surface area contributed by atoms with Crippen LogP contribution in [0.3, 0.4) is 0 Å². The number of nitrogens with one attached hydrogen (secondary N) is 1. The second-order valence-electron chi connectivity index (χ2n) is 4.88. The smallest absolute Gasteiger partial charge is 0.233 e. The molecule has 0 atom stereocenters. The molecular weight excluding hydrogens is 268 g/mol. The lowest BCUT2D eigenvalue weighted by Crippen LogP contribution is -2.07. The van der Waals surface area contributed by atoms with Crippen molar-refractivity contribution in [3.8, 4) is 11.9 Å². The zero-order chi connectivity index (χ0) is 15.4. The minimum Gasteiger partial charge on any atom is -0.474 e. The van der Waals surface area contributed by atoms with Gasteiger partial charge in [-0.25, -0.2) is 9.97 Å². The number of Topliss-reactive ketones (excluding diaryl/α,β-unsaturated/α-hetero) is 1. The molecule has 6 heteroatoms. The van der Waals surface area contributed by atoms with Gasteiger partial charge in [-0.1, -0.05) is 6.08 Å². The van der Waals surface area contributed by atoms with Crippen LogP contribution >= 0.6 is 0 Å². The van der Waals surface area contributed by atoms with Crippen molar-refractivity contribution in [2.75, 3.05) is 0 Å². The molecule has 1 N–H and O–H groups in total. The number of hydrogen-bond donors (Lipinski definition) is 1. The van der Waals surface area contributed by atoms with Gasteiger partial charge in [-0.2, -0.15) is 5.26 Å². The average Bonchev–Trinajstić information content (AvgIpc) is 2.81. The molecule has 0 spiro atoms.